The highest BCUT2D eigenvalue weighted by molar-refractivity contribution is 7.86. The fourth-order valence-corrected chi connectivity index (χ4v) is 2.41. The molecular formula is C15H23NO5S. The van der Waals surface area contributed by atoms with Crippen LogP contribution in [0.2, 0.25) is 0 Å². The van der Waals surface area contributed by atoms with Gasteiger partial charge in [-0.2, -0.15) is 8.42 Å². The van der Waals surface area contributed by atoms with E-state index in [0.29, 0.717) is 18.7 Å². The number of hydrogen-bond donors (Lipinski definition) is 0. The van der Waals surface area contributed by atoms with Gasteiger partial charge in [-0.25, -0.2) is 0 Å². The number of amides is 1. The zero-order valence-corrected chi connectivity index (χ0v) is 14.2. The Morgan fingerprint density at radius 2 is 1.91 bits per heavy atom. The van der Waals surface area contributed by atoms with Crippen molar-refractivity contribution in [3.05, 3.63) is 29.8 Å². The first-order chi connectivity index (χ1) is 10.2. The van der Waals surface area contributed by atoms with Gasteiger partial charge >= 0.3 is 10.1 Å². The van der Waals surface area contributed by atoms with E-state index < -0.39 is 10.1 Å². The zero-order valence-electron chi connectivity index (χ0n) is 13.4. The minimum atomic E-state index is -3.62. The lowest BCUT2D eigenvalue weighted by molar-refractivity contribution is -0.135. The summed E-state index contributed by atoms with van der Waals surface area (Å²) in [6, 6.07) is 6.78. The number of carbonyl (C=O) groups excluding carboxylic acids is 1. The molecular weight excluding hydrogens is 306 g/mol. The topological polar surface area (TPSA) is 72.9 Å². The van der Waals surface area contributed by atoms with Crippen LogP contribution in [0.1, 0.15) is 19.4 Å². The molecule has 1 aromatic rings. The quantitative estimate of drug-likeness (QED) is 0.678. The Labute approximate surface area is 132 Å². The van der Waals surface area contributed by atoms with E-state index in [4.69, 9.17) is 8.92 Å². The number of hydrogen-bond acceptors (Lipinski definition) is 5. The smallest absolute Gasteiger partial charge is 0.306 e. The average molecular weight is 329 g/mol. The van der Waals surface area contributed by atoms with E-state index in [0.717, 1.165) is 6.26 Å². The van der Waals surface area contributed by atoms with E-state index in [1.807, 2.05) is 13.8 Å². The van der Waals surface area contributed by atoms with Crippen molar-refractivity contribution in [3.8, 4) is 5.75 Å². The van der Waals surface area contributed by atoms with Gasteiger partial charge in [0.15, 0.2) is 0 Å². The van der Waals surface area contributed by atoms with Gasteiger partial charge in [0.05, 0.1) is 12.9 Å². The van der Waals surface area contributed by atoms with Gasteiger partial charge in [-0.1, -0.05) is 32.0 Å². The van der Waals surface area contributed by atoms with Gasteiger partial charge in [0.2, 0.25) is 5.91 Å². The van der Waals surface area contributed by atoms with E-state index in [1.54, 1.807) is 36.3 Å². The second kappa shape index (κ2) is 8.14. The van der Waals surface area contributed by atoms with Gasteiger partial charge in [-0.3, -0.25) is 4.79 Å². The number of carbonyl (C=O) groups is 1. The SMILES string of the molecule is COCCN(Cc1ccccc1OS(C)(=O)=O)C(=O)C(C)C. The van der Waals surface area contributed by atoms with Crippen LogP contribution in [-0.4, -0.2) is 45.7 Å². The van der Waals surface area contributed by atoms with Crippen LogP contribution in [0.3, 0.4) is 0 Å². The highest BCUT2D eigenvalue weighted by Crippen LogP contribution is 2.22. The van der Waals surface area contributed by atoms with Crippen LogP contribution in [0.5, 0.6) is 5.75 Å². The van der Waals surface area contributed by atoms with Crippen molar-refractivity contribution in [2.45, 2.75) is 20.4 Å². The van der Waals surface area contributed by atoms with Crippen molar-refractivity contribution in [1.29, 1.82) is 0 Å². The Balaban J connectivity index is 3.00. The lowest BCUT2D eigenvalue weighted by Crippen LogP contribution is -2.36. The van der Waals surface area contributed by atoms with Gasteiger partial charge in [0.25, 0.3) is 0 Å². The summed E-state index contributed by atoms with van der Waals surface area (Å²) in [5, 5.41) is 0. The Bertz CT molecular complexity index is 598. The number of benzene rings is 1. The van der Waals surface area contributed by atoms with Crippen molar-refractivity contribution in [2.24, 2.45) is 5.92 Å². The Hall–Kier alpha value is -1.60. The lowest BCUT2D eigenvalue weighted by atomic mass is 10.1. The van der Waals surface area contributed by atoms with Crippen LogP contribution in [0.15, 0.2) is 24.3 Å². The summed E-state index contributed by atoms with van der Waals surface area (Å²) in [5.41, 5.74) is 0.637. The van der Waals surface area contributed by atoms with E-state index in [-0.39, 0.29) is 24.1 Å². The third-order valence-corrected chi connectivity index (χ3v) is 3.43. The first kappa shape index (κ1) is 18.4. The van der Waals surface area contributed by atoms with Crippen molar-refractivity contribution < 1.29 is 22.1 Å². The van der Waals surface area contributed by atoms with E-state index in [9.17, 15) is 13.2 Å². The van der Waals surface area contributed by atoms with Gasteiger partial charge in [-0.15, -0.1) is 0 Å². The maximum absolute atomic E-state index is 12.3. The fraction of sp³-hybridized carbons (Fsp3) is 0.533. The van der Waals surface area contributed by atoms with Crippen LogP contribution >= 0.6 is 0 Å². The molecule has 0 radical (unpaired) electrons. The van der Waals surface area contributed by atoms with Gasteiger partial charge in [-0.05, 0) is 6.07 Å². The van der Waals surface area contributed by atoms with Crippen molar-refractivity contribution in [3.63, 3.8) is 0 Å². The maximum Gasteiger partial charge on any atom is 0.306 e. The van der Waals surface area contributed by atoms with Gasteiger partial charge < -0.3 is 13.8 Å². The molecule has 0 aliphatic rings. The van der Waals surface area contributed by atoms with Crippen LogP contribution < -0.4 is 4.18 Å². The molecule has 6 nitrogen and oxygen atoms in total. The van der Waals surface area contributed by atoms with Crippen LogP contribution in [0, 0.1) is 5.92 Å². The summed E-state index contributed by atoms with van der Waals surface area (Å²) in [6.45, 7) is 4.75. The average Bonchev–Trinajstić information content (AvgIpc) is 2.42. The molecule has 0 heterocycles. The molecule has 0 unspecified atom stereocenters. The molecule has 0 bridgehead atoms. The Kier molecular flexibility index (Phi) is 6.83. The maximum atomic E-state index is 12.3. The molecule has 1 amide bonds. The molecule has 1 aromatic carbocycles. The number of rotatable bonds is 8. The molecule has 1 rings (SSSR count). The summed E-state index contributed by atoms with van der Waals surface area (Å²) in [5.74, 6) is 0.0648. The Morgan fingerprint density at radius 1 is 1.27 bits per heavy atom. The number of para-hydroxylation sites is 1. The molecule has 0 aliphatic heterocycles. The van der Waals surface area contributed by atoms with Gasteiger partial charge in [0.1, 0.15) is 5.75 Å². The number of methoxy groups -OCH3 is 1. The second-order valence-corrected chi connectivity index (χ2v) is 6.88. The lowest BCUT2D eigenvalue weighted by Gasteiger charge is -2.25. The summed E-state index contributed by atoms with van der Waals surface area (Å²) >= 11 is 0. The molecule has 0 fully saturated rings. The molecule has 7 heteroatoms. The third-order valence-electron chi connectivity index (χ3n) is 2.95. The largest absolute Gasteiger partial charge is 0.383 e. The molecule has 0 saturated heterocycles. The predicted octanol–water partition coefficient (Wildman–Crippen LogP) is 1.66. The van der Waals surface area contributed by atoms with Crippen LogP contribution in [0.25, 0.3) is 0 Å². The first-order valence-electron chi connectivity index (χ1n) is 6.99. The standard InChI is InChI=1S/C15H23NO5S/c1-12(2)15(17)16(9-10-20-3)11-13-7-5-6-8-14(13)21-22(4,18)19/h5-8,12H,9-11H2,1-4H3. The molecule has 0 aromatic heterocycles. The summed E-state index contributed by atoms with van der Waals surface area (Å²) < 4.78 is 32.7. The predicted molar refractivity (Wildman–Crippen MR) is 84.0 cm³/mol. The third kappa shape index (κ3) is 6.03. The Morgan fingerprint density at radius 3 is 2.45 bits per heavy atom. The van der Waals surface area contributed by atoms with Crippen LogP contribution in [-0.2, 0) is 26.2 Å². The van der Waals surface area contributed by atoms with E-state index in [1.165, 1.54) is 0 Å². The molecule has 0 atom stereocenters. The van der Waals surface area contributed by atoms with E-state index >= 15 is 0 Å². The minimum absolute atomic E-state index is 0.0220. The second-order valence-electron chi connectivity index (χ2n) is 5.30. The van der Waals surface area contributed by atoms with Crippen molar-refractivity contribution in [2.75, 3.05) is 26.5 Å². The molecule has 0 saturated carbocycles. The minimum Gasteiger partial charge on any atom is -0.383 e. The van der Waals surface area contributed by atoms with E-state index in [2.05, 4.69) is 0 Å². The zero-order chi connectivity index (χ0) is 16.8. The molecule has 0 N–H and O–H groups in total. The monoisotopic (exact) mass is 329 g/mol. The van der Waals surface area contributed by atoms with Gasteiger partial charge in [0, 0.05) is 31.7 Å². The van der Waals surface area contributed by atoms with Crippen molar-refractivity contribution in [1.82, 2.24) is 4.90 Å². The number of ether oxygens (including phenoxy) is 1. The normalized spacial score (nSPS) is 11.5. The molecule has 0 spiro atoms. The molecule has 0 aliphatic carbocycles. The number of nitrogens with zero attached hydrogens (tertiary/aromatic N) is 1. The van der Waals surface area contributed by atoms with Crippen molar-refractivity contribution >= 4 is 16.0 Å². The molecule has 124 valence electrons. The molecule has 22 heavy (non-hydrogen) atoms. The summed E-state index contributed by atoms with van der Waals surface area (Å²) in [7, 11) is -2.05. The van der Waals surface area contributed by atoms with Crippen LogP contribution in [0.4, 0.5) is 0 Å². The highest BCUT2D eigenvalue weighted by atomic mass is 32.2. The fourth-order valence-electron chi connectivity index (χ4n) is 1.92. The summed E-state index contributed by atoms with van der Waals surface area (Å²) in [6.07, 6.45) is 0.992. The first-order valence-corrected chi connectivity index (χ1v) is 8.81. The summed E-state index contributed by atoms with van der Waals surface area (Å²) in [4.78, 5) is 13.9. The highest BCUT2D eigenvalue weighted by Gasteiger charge is 2.19.